The van der Waals surface area contributed by atoms with Crippen molar-refractivity contribution < 1.29 is 9.26 Å². The van der Waals surface area contributed by atoms with E-state index in [1.54, 1.807) is 11.3 Å². The van der Waals surface area contributed by atoms with Gasteiger partial charge in [0.25, 0.3) is 0 Å². The highest BCUT2D eigenvalue weighted by Gasteiger charge is 2.29. The molecule has 3 aromatic rings. The number of benzene rings is 1. The predicted octanol–water partition coefficient (Wildman–Crippen LogP) is 3.85. The molecule has 0 radical (unpaired) electrons. The van der Waals surface area contributed by atoms with Gasteiger partial charge in [-0.25, -0.2) is 0 Å². The lowest BCUT2D eigenvalue weighted by Gasteiger charge is -2.28. The van der Waals surface area contributed by atoms with E-state index < -0.39 is 0 Å². The van der Waals surface area contributed by atoms with E-state index in [1.807, 2.05) is 6.92 Å². The summed E-state index contributed by atoms with van der Waals surface area (Å²) < 4.78 is 12.3. The summed E-state index contributed by atoms with van der Waals surface area (Å²) in [6, 6.07) is 8.61. The molecule has 1 aromatic carbocycles. The van der Waals surface area contributed by atoms with Gasteiger partial charge in [0.15, 0.2) is 5.82 Å². The number of aromatic nitrogens is 2. The van der Waals surface area contributed by atoms with Gasteiger partial charge in [-0.05, 0) is 48.1 Å². The Balaban J connectivity index is 1.55. The normalized spacial score (nSPS) is 17.4. The third-order valence-corrected chi connectivity index (χ3v) is 5.63. The lowest BCUT2D eigenvalue weighted by molar-refractivity contribution is 0.0486. The van der Waals surface area contributed by atoms with Gasteiger partial charge in [0.05, 0.1) is 6.04 Å². The van der Waals surface area contributed by atoms with Crippen LogP contribution >= 0.6 is 11.3 Å². The van der Waals surface area contributed by atoms with E-state index in [0.29, 0.717) is 17.6 Å². The van der Waals surface area contributed by atoms with Crippen molar-refractivity contribution in [2.24, 2.45) is 5.92 Å². The van der Waals surface area contributed by atoms with Crippen molar-refractivity contribution in [3.8, 4) is 0 Å². The summed E-state index contributed by atoms with van der Waals surface area (Å²) >= 11 is 1.79. The molecule has 1 fully saturated rings. The lowest BCUT2D eigenvalue weighted by Crippen LogP contribution is -2.32. The molecule has 1 aliphatic rings. The van der Waals surface area contributed by atoms with Crippen LogP contribution in [0.3, 0.4) is 0 Å². The molecule has 0 saturated carbocycles. The summed E-state index contributed by atoms with van der Waals surface area (Å²) in [6.07, 6.45) is 2.03. The number of thiophene rings is 1. The Morgan fingerprint density at radius 2 is 2.12 bits per heavy atom. The summed E-state index contributed by atoms with van der Waals surface area (Å²) in [4.78, 5) is 4.47. The maximum atomic E-state index is 5.51. The first kappa shape index (κ1) is 15.7. The number of rotatable bonds is 5. The monoisotopic (exact) mass is 343 g/mol. The Morgan fingerprint density at radius 3 is 2.92 bits per heavy atom. The van der Waals surface area contributed by atoms with Crippen LogP contribution in [0.5, 0.6) is 0 Å². The topological polar surface area (TPSA) is 60.2 Å². The van der Waals surface area contributed by atoms with Crippen LogP contribution in [0.2, 0.25) is 0 Å². The van der Waals surface area contributed by atoms with Gasteiger partial charge in [0.1, 0.15) is 0 Å². The number of hydrogen-bond acceptors (Lipinski definition) is 6. The molecule has 1 aliphatic heterocycles. The standard InChI is InChI=1S/C18H21N3O2S/c1-12-20-18(23-21-12)17(13-6-8-22-9-7-13)19-10-14-11-24-16-5-3-2-4-15(14)16/h2-5,11,13,17,19H,6-10H2,1H3/t17-/m0/s1. The summed E-state index contributed by atoms with van der Waals surface area (Å²) in [6.45, 7) is 4.27. The average molecular weight is 343 g/mol. The Kier molecular flexibility index (Phi) is 4.60. The molecule has 0 bridgehead atoms. The van der Waals surface area contributed by atoms with Crippen molar-refractivity contribution in [2.45, 2.75) is 32.4 Å². The maximum absolute atomic E-state index is 5.51. The zero-order valence-electron chi connectivity index (χ0n) is 13.7. The van der Waals surface area contributed by atoms with Crippen molar-refractivity contribution in [1.29, 1.82) is 0 Å². The maximum Gasteiger partial charge on any atom is 0.244 e. The van der Waals surface area contributed by atoms with E-state index in [2.05, 4.69) is 45.1 Å². The SMILES string of the molecule is Cc1noc([C@@H](NCc2csc3ccccc23)C2CCOCC2)n1. The Morgan fingerprint density at radius 1 is 1.29 bits per heavy atom. The first-order chi connectivity index (χ1) is 11.8. The molecule has 4 rings (SSSR count). The van der Waals surface area contributed by atoms with Crippen LogP contribution in [0.25, 0.3) is 10.1 Å². The number of hydrogen-bond donors (Lipinski definition) is 1. The highest BCUT2D eigenvalue weighted by atomic mass is 32.1. The summed E-state index contributed by atoms with van der Waals surface area (Å²) in [5, 5.41) is 11.2. The first-order valence-electron chi connectivity index (χ1n) is 8.38. The highest BCUT2D eigenvalue weighted by molar-refractivity contribution is 7.17. The van der Waals surface area contributed by atoms with Crippen LogP contribution in [-0.4, -0.2) is 23.4 Å². The van der Waals surface area contributed by atoms with Crippen molar-refractivity contribution in [1.82, 2.24) is 15.5 Å². The zero-order chi connectivity index (χ0) is 16.4. The highest BCUT2D eigenvalue weighted by Crippen LogP contribution is 2.31. The van der Waals surface area contributed by atoms with Gasteiger partial charge in [-0.2, -0.15) is 4.98 Å². The van der Waals surface area contributed by atoms with E-state index in [9.17, 15) is 0 Å². The molecule has 24 heavy (non-hydrogen) atoms. The van der Waals surface area contributed by atoms with Crippen LogP contribution in [0.4, 0.5) is 0 Å². The van der Waals surface area contributed by atoms with Gasteiger partial charge < -0.3 is 14.6 Å². The minimum atomic E-state index is 0.0776. The third-order valence-electron chi connectivity index (χ3n) is 4.62. The molecule has 0 spiro atoms. The van der Waals surface area contributed by atoms with Gasteiger partial charge >= 0.3 is 0 Å². The largest absolute Gasteiger partial charge is 0.381 e. The second kappa shape index (κ2) is 7.01. The van der Waals surface area contributed by atoms with Gasteiger partial charge in [-0.1, -0.05) is 23.4 Å². The van der Waals surface area contributed by atoms with Crippen LogP contribution in [0, 0.1) is 12.8 Å². The van der Waals surface area contributed by atoms with Crippen LogP contribution < -0.4 is 5.32 Å². The Hall–Kier alpha value is -1.76. The van der Waals surface area contributed by atoms with E-state index in [4.69, 9.17) is 9.26 Å². The zero-order valence-corrected chi connectivity index (χ0v) is 14.5. The molecule has 0 aliphatic carbocycles. The summed E-state index contributed by atoms with van der Waals surface area (Å²) in [5.41, 5.74) is 1.32. The smallest absolute Gasteiger partial charge is 0.244 e. The van der Waals surface area contributed by atoms with E-state index in [0.717, 1.165) is 32.6 Å². The molecular formula is C18H21N3O2S. The predicted molar refractivity (Wildman–Crippen MR) is 94.0 cm³/mol. The number of ether oxygens (including phenoxy) is 1. The summed E-state index contributed by atoms with van der Waals surface area (Å²) in [5.74, 6) is 1.84. The quantitative estimate of drug-likeness (QED) is 0.762. The van der Waals surface area contributed by atoms with Crippen LogP contribution in [-0.2, 0) is 11.3 Å². The second-order valence-corrected chi connectivity index (χ2v) is 7.16. The summed E-state index contributed by atoms with van der Waals surface area (Å²) in [7, 11) is 0. The molecule has 0 unspecified atom stereocenters. The molecule has 1 N–H and O–H groups in total. The minimum Gasteiger partial charge on any atom is -0.381 e. The molecule has 2 aromatic heterocycles. The molecule has 6 heteroatoms. The van der Waals surface area contributed by atoms with Gasteiger partial charge in [0.2, 0.25) is 5.89 Å². The average Bonchev–Trinajstić information content (AvgIpc) is 3.23. The molecule has 1 atom stereocenters. The van der Waals surface area contributed by atoms with Gasteiger partial charge in [0, 0.05) is 24.5 Å². The first-order valence-corrected chi connectivity index (χ1v) is 9.25. The molecule has 5 nitrogen and oxygen atoms in total. The fourth-order valence-corrected chi connectivity index (χ4v) is 4.30. The van der Waals surface area contributed by atoms with E-state index in [-0.39, 0.29) is 6.04 Å². The fourth-order valence-electron chi connectivity index (χ4n) is 3.33. The van der Waals surface area contributed by atoms with Gasteiger partial charge in [-0.15, -0.1) is 11.3 Å². The number of nitrogens with zero attached hydrogens (tertiary/aromatic N) is 2. The van der Waals surface area contributed by atoms with E-state index in [1.165, 1.54) is 15.6 Å². The number of nitrogens with one attached hydrogen (secondary N) is 1. The third kappa shape index (κ3) is 3.22. The number of aryl methyl sites for hydroxylation is 1. The van der Waals surface area contributed by atoms with Crippen molar-refractivity contribution in [3.05, 3.63) is 46.9 Å². The lowest BCUT2D eigenvalue weighted by atomic mass is 9.91. The van der Waals surface area contributed by atoms with Crippen molar-refractivity contribution in [2.75, 3.05) is 13.2 Å². The van der Waals surface area contributed by atoms with Gasteiger partial charge in [-0.3, -0.25) is 0 Å². The Bertz CT molecular complexity index is 807. The van der Waals surface area contributed by atoms with Crippen molar-refractivity contribution >= 4 is 21.4 Å². The van der Waals surface area contributed by atoms with Crippen LogP contribution in [0.1, 0.15) is 36.2 Å². The minimum absolute atomic E-state index is 0.0776. The Labute approximate surface area is 145 Å². The molecule has 0 amide bonds. The number of fused-ring (bicyclic) bond motifs is 1. The molecule has 1 saturated heterocycles. The van der Waals surface area contributed by atoms with Crippen LogP contribution in [0.15, 0.2) is 34.2 Å². The molecule has 126 valence electrons. The second-order valence-electron chi connectivity index (χ2n) is 6.25. The van der Waals surface area contributed by atoms with Crippen molar-refractivity contribution in [3.63, 3.8) is 0 Å². The fraction of sp³-hybridized carbons (Fsp3) is 0.444. The molecule has 3 heterocycles. The van der Waals surface area contributed by atoms with E-state index >= 15 is 0 Å². The molecular weight excluding hydrogens is 322 g/mol.